The number of aromatic nitrogens is 3. The maximum atomic E-state index is 4.14. The van der Waals surface area contributed by atoms with E-state index in [1.807, 2.05) is 29.2 Å². The van der Waals surface area contributed by atoms with Crippen LogP contribution >= 0.6 is 15.9 Å². The lowest BCUT2D eigenvalue weighted by atomic mass is 10.4. The molecule has 0 atom stereocenters. The zero-order valence-electron chi connectivity index (χ0n) is 6.37. The fraction of sp³-hybridized carbons (Fsp3) is 0.125. The Morgan fingerprint density at radius 3 is 3.08 bits per heavy atom. The van der Waals surface area contributed by atoms with E-state index in [1.165, 1.54) is 0 Å². The number of aromatic amines is 1. The number of hydrogen-bond acceptors (Lipinski definition) is 1. The second-order valence-corrected chi connectivity index (χ2v) is 3.47. The van der Waals surface area contributed by atoms with Gasteiger partial charge in [-0.2, -0.15) is 5.10 Å². The molecular weight excluding hydrogens is 218 g/mol. The average Bonchev–Trinajstić information content (AvgIpc) is 2.63. The van der Waals surface area contributed by atoms with Crippen molar-refractivity contribution in [3.8, 4) is 0 Å². The molecule has 0 aliphatic rings. The second kappa shape index (κ2) is 3.15. The van der Waals surface area contributed by atoms with Crippen LogP contribution in [0.25, 0.3) is 0 Å². The van der Waals surface area contributed by atoms with Crippen LogP contribution in [-0.4, -0.2) is 14.8 Å². The van der Waals surface area contributed by atoms with E-state index in [1.54, 1.807) is 6.20 Å². The Hall–Kier alpha value is -1.03. The van der Waals surface area contributed by atoms with Crippen molar-refractivity contribution in [3.63, 3.8) is 0 Å². The SMILES string of the molecule is Brc1cnn(Cc2ccc[nH]2)c1. The van der Waals surface area contributed by atoms with E-state index in [-0.39, 0.29) is 0 Å². The van der Waals surface area contributed by atoms with Crippen molar-refractivity contribution in [3.05, 3.63) is 40.9 Å². The van der Waals surface area contributed by atoms with Crippen LogP contribution in [0.15, 0.2) is 35.2 Å². The molecule has 12 heavy (non-hydrogen) atoms. The van der Waals surface area contributed by atoms with Gasteiger partial charge in [-0.25, -0.2) is 0 Å². The first kappa shape index (κ1) is 7.61. The van der Waals surface area contributed by atoms with Crippen LogP contribution in [0.4, 0.5) is 0 Å². The van der Waals surface area contributed by atoms with Gasteiger partial charge in [0.2, 0.25) is 0 Å². The number of rotatable bonds is 2. The molecule has 0 amide bonds. The Balaban J connectivity index is 2.14. The summed E-state index contributed by atoms with van der Waals surface area (Å²) in [4.78, 5) is 3.12. The van der Waals surface area contributed by atoms with E-state index in [0.29, 0.717) is 0 Å². The van der Waals surface area contributed by atoms with Crippen molar-refractivity contribution in [2.45, 2.75) is 6.54 Å². The minimum absolute atomic E-state index is 0.790. The molecule has 0 saturated carbocycles. The Morgan fingerprint density at radius 2 is 2.50 bits per heavy atom. The van der Waals surface area contributed by atoms with Crippen molar-refractivity contribution in [1.82, 2.24) is 14.8 Å². The van der Waals surface area contributed by atoms with E-state index < -0.39 is 0 Å². The van der Waals surface area contributed by atoms with Gasteiger partial charge in [-0.05, 0) is 28.1 Å². The second-order valence-electron chi connectivity index (χ2n) is 2.55. The van der Waals surface area contributed by atoms with E-state index in [9.17, 15) is 0 Å². The first-order chi connectivity index (χ1) is 5.84. The fourth-order valence-corrected chi connectivity index (χ4v) is 1.39. The number of halogens is 1. The molecule has 0 radical (unpaired) electrons. The predicted octanol–water partition coefficient (Wildman–Crippen LogP) is 2.02. The monoisotopic (exact) mass is 225 g/mol. The third kappa shape index (κ3) is 1.58. The quantitative estimate of drug-likeness (QED) is 0.834. The molecule has 1 N–H and O–H groups in total. The van der Waals surface area contributed by atoms with E-state index in [4.69, 9.17) is 0 Å². The lowest BCUT2D eigenvalue weighted by molar-refractivity contribution is 0.675. The van der Waals surface area contributed by atoms with Gasteiger partial charge in [0.15, 0.2) is 0 Å². The number of H-pyrrole nitrogens is 1. The molecule has 0 aliphatic carbocycles. The highest BCUT2D eigenvalue weighted by Gasteiger charge is 1.96. The summed E-state index contributed by atoms with van der Waals surface area (Å²) in [7, 11) is 0. The van der Waals surface area contributed by atoms with Gasteiger partial charge in [0, 0.05) is 18.1 Å². The van der Waals surface area contributed by atoms with Gasteiger partial charge >= 0.3 is 0 Å². The van der Waals surface area contributed by atoms with Gasteiger partial charge < -0.3 is 4.98 Å². The largest absolute Gasteiger partial charge is 0.363 e. The van der Waals surface area contributed by atoms with Gasteiger partial charge in [0.25, 0.3) is 0 Å². The minimum Gasteiger partial charge on any atom is -0.363 e. The molecule has 0 aromatic carbocycles. The number of hydrogen-bond donors (Lipinski definition) is 1. The molecule has 0 aliphatic heterocycles. The number of nitrogens with zero attached hydrogens (tertiary/aromatic N) is 2. The summed E-state index contributed by atoms with van der Waals surface area (Å²) in [5, 5.41) is 4.14. The van der Waals surface area contributed by atoms with Crippen LogP contribution in [0.2, 0.25) is 0 Å². The minimum atomic E-state index is 0.790. The molecule has 0 bridgehead atoms. The molecule has 2 rings (SSSR count). The van der Waals surface area contributed by atoms with Crippen LogP contribution in [-0.2, 0) is 6.54 Å². The van der Waals surface area contributed by atoms with Gasteiger partial charge in [-0.1, -0.05) is 0 Å². The molecule has 0 saturated heterocycles. The maximum absolute atomic E-state index is 4.14. The highest BCUT2D eigenvalue weighted by Crippen LogP contribution is 2.07. The summed E-state index contributed by atoms with van der Waals surface area (Å²) >= 11 is 3.34. The normalized spacial score (nSPS) is 10.4. The zero-order chi connectivity index (χ0) is 8.39. The average molecular weight is 226 g/mol. The molecular formula is C8H8BrN3. The first-order valence-corrected chi connectivity index (χ1v) is 4.44. The van der Waals surface area contributed by atoms with Crippen molar-refractivity contribution in [2.24, 2.45) is 0 Å². The van der Waals surface area contributed by atoms with Crippen LogP contribution < -0.4 is 0 Å². The topological polar surface area (TPSA) is 33.6 Å². The first-order valence-electron chi connectivity index (χ1n) is 3.65. The van der Waals surface area contributed by atoms with E-state index in [2.05, 4.69) is 26.0 Å². The van der Waals surface area contributed by atoms with Crippen LogP contribution in [0.5, 0.6) is 0 Å². The summed E-state index contributed by atoms with van der Waals surface area (Å²) in [5.74, 6) is 0. The van der Waals surface area contributed by atoms with Crippen LogP contribution in [0.3, 0.4) is 0 Å². The van der Waals surface area contributed by atoms with E-state index >= 15 is 0 Å². The van der Waals surface area contributed by atoms with Gasteiger partial charge in [0.05, 0.1) is 17.2 Å². The summed E-state index contributed by atoms with van der Waals surface area (Å²) in [6.07, 6.45) is 5.64. The van der Waals surface area contributed by atoms with Crippen molar-refractivity contribution >= 4 is 15.9 Å². The van der Waals surface area contributed by atoms with Gasteiger partial charge in [-0.15, -0.1) is 0 Å². The van der Waals surface area contributed by atoms with Crippen molar-refractivity contribution in [2.75, 3.05) is 0 Å². The Kier molecular flexibility index (Phi) is 1.99. The van der Waals surface area contributed by atoms with Crippen LogP contribution in [0.1, 0.15) is 5.69 Å². The third-order valence-corrected chi connectivity index (χ3v) is 2.01. The lowest BCUT2D eigenvalue weighted by Crippen LogP contribution is -1.99. The Labute approximate surface area is 78.5 Å². The van der Waals surface area contributed by atoms with Crippen molar-refractivity contribution in [1.29, 1.82) is 0 Å². The highest BCUT2D eigenvalue weighted by molar-refractivity contribution is 9.10. The van der Waals surface area contributed by atoms with Gasteiger partial charge in [-0.3, -0.25) is 4.68 Å². The summed E-state index contributed by atoms with van der Waals surface area (Å²) < 4.78 is 2.88. The standard InChI is InChI=1S/C8H8BrN3/c9-7-4-11-12(5-7)6-8-2-1-3-10-8/h1-5,10H,6H2. The molecule has 3 nitrogen and oxygen atoms in total. The van der Waals surface area contributed by atoms with E-state index in [0.717, 1.165) is 16.7 Å². The van der Waals surface area contributed by atoms with Crippen LogP contribution in [0, 0.1) is 0 Å². The third-order valence-electron chi connectivity index (χ3n) is 1.60. The maximum Gasteiger partial charge on any atom is 0.0809 e. The van der Waals surface area contributed by atoms with Crippen molar-refractivity contribution < 1.29 is 0 Å². The number of nitrogens with one attached hydrogen (secondary N) is 1. The molecule has 4 heteroatoms. The molecule has 62 valence electrons. The molecule has 2 aromatic rings. The zero-order valence-corrected chi connectivity index (χ0v) is 7.95. The smallest absolute Gasteiger partial charge is 0.0809 e. The molecule has 2 heterocycles. The molecule has 0 unspecified atom stereocenters. The lowest BCUT2D eigenvalue weighted by Gasteiger charge is -1.96. The Bertz CT molecular complexity index is 350. The van der Waals surface area contributed by atoms with Gasteiger partial charge in [0.1, 0.15) is 0 Å². The predicted molar refractivity (Wildman–Crippen MR) is 49.8 cm³/mol. The Morgan fingerprint density at radius 1 is 1.58 bits per heavy atom. The highest BCUT2D eigenvalue weighted by atomic mass is 79.9. The molecule has 0 spiro atoms. The summed E-state index contributed by atoms with van der Waals surface area (Å²) in [5.41, 5.74) is 1.16. The summed E-state index contributed by atoms with van der Waals surface area (Å²) in [6.45, 7) is 0.790. The fourth-order valence-electron chi connectivity index (χ4n) is 1.07. The molecule has 2 aromatic heterocycles. The summed E-state index contributed by atoms with van der Waals surface area (Å²) in [6, 6.07) is 4.02. The molecule has 0 fully saturated rings.